The quantitative estimate of drug-likeness (QED) is 0.848. The first-order valence-corrected chi connectivity index (χ1v) is 8.56. The number of nitrogens with one attached hydrogen (secondary N) is 1. The van der Waals surface area contributed by atoms with Crippen LogP contribution in [0.3, 0.4) is 0 Å². The highest BCUT2D eigenvalue weighted by molar-refractivity contribution is 9.10. The van der Waals surface area contributed by atoms with E-state index in [0.717, 1.165) is 0 Å². The molecule has 19 heavy (non-hydrogen) atoms. The number of rotatable bonds is 3. The topological polar surface area (TPSA) is 46.2 Å². The molecule has 0 radical (unpaired) electrons. The molecule has 1 heterocycles. The largest absolute Gasteiger partial charge is 0.310 e. The summed E-state index contributed by atoms with van der Waals surface area (Å²) in [6.07, 6.45) is 0.971. The van der Waals surface area contributed by atoms with Gasteiger partial charge in [-0.1, -0.05) is 0 Å². The molecule has 1 aliphatic heterocycles. The summed E-state index contributed by atoms with van der Waals surface area (Å²) in [5.41, 5.74) is -0.0252. The minimum atomic E-state index is -2.92. The second-order valence-electron chi connectivity index (χ2n) is 4.63. The fourth-order valence-electron chi connectivity index (χ4n) is 2.07. The Hall–Kier alpha value is -0.530. The minimum Gasteiger partial charge on any atom is -0.310 e. The van der Waals surface area contributed by atoms with Gasteiger partial charge in [0.15, 0.2) is 0 Å². The maximum atomic E-state index is 13.7. The molecule has 2 rings (SSSR count). The lowest BCUT2D eigenvalue weighted by molar-refractivity contribution is 0.446. The molecule has 0 unspecified atom stereocenters. The van der Waals surface area contributed by atoms with Crippen molar-refractivity contribution in [2.75, 3.05) is 11.5 Å². The van der Waals surface area contributed by atoms with Crippen LogP contribution in [0.5, 0.6) is 0 Å². The molecular weight excluding hydrogens is 340 g/mol. The van der Waals surface area contributed by atoms with Gasteiger partial charge in [-0.2, -0.15) is 0 Å². The highest BCUT2D eigenvalue weighted by atomic mass is 79.9. The van der Waals surface area contributed by atoms with Gasteiger partial charge in [-0.3, -0.25) is 0 Å². The maximum Gasteiger partial charge on any atom is 0.150 e. The van der Waals surface area contributed by atoms with Crippen LogP contribution in [0.4, 0.5) is 8.78 Å². The zero-order valence-electron chi connectivity index (χ0n) is 10.1. The molecule has 106 valence electrons. The molecule has 1 aliphatic rings. The molecular formula is C12H14BrF2NO2S. The van der Waals surface area contributed by atoms with Gasteiger partial charge in [0.1, 0.15) is 21.5 Å². The van der Waals surface area contributed by atoms with E-state index in [1.807, 2.05) is 0 Å². The maximum absolute atomic E-state index is 13.7. The molecule has 0 bridgehead atoms. The first-order valence-electron chi connectivity index (χ1n) is 5.95. The molecule has 1 fully saturated rings. The zero-order chi connectivity index (χ0) is 14.0. The summed E-state index contributed by atoms with van der Waals surface area (Å²) in [6, 6.07) is 2.51. The van der Waals surface area contributed by atoms with Gasteiger partial charge in [0.2, 0.25) is 0 Å². The second-order valence-corrected chi connectivity index (χ2v) is 7.79. The van der Waals surface area contributed by atoms with Crippen LogP contribution in [0, 0.1) is 11.6 Å². The molecule has 1 N–H and O–H groups in total. The van der Waals surface area contributed by atoms with Gasteiger partial charge in [-0.05, 0) is 40.9 Å². The molecule has 1 aromatic rings. The van der Waals surface area contributed by atoms with Crippen molar-refractivity contribution in [3.05, 3.63) is 33.8 Å². The summed E-state index contributed by atoms with van der Waals surface area (Å²) in [6.45, 7) is 0.0574. The smallest absolute Gasteiger partial charge is 0.150 e. The average Bonchev–Trinajstić information content (AvgIpc) is 2.36. The Kier molecular flexibility index (Phi) is 4.58. The Bertz CT molecular complexity index is 563. The van der Waals surface area contributed by atoms with Gasteiger partial charge >= 0.3 is 0 Å². The van der Waals surface area contributed by atoms with E-state index in [9.17, 15) is 17.2 Å². The normalized spacial score (nSPS) is 19.5. The van der Waals surface area contributed by atoms with Crippen LogP contribution in [0.25, 0.3) is 0 Å². The summed E-state index contributed by atoms with van der Waals surface area (Å²) in [5.74, 6) is -0.949. The molecule has 3 nitrogen and oxygen atoms in total. The predicted molar refractivity (Wildman–Crippen MR) is 72.6 cm³/mol. The molecule has 0 amide bonds. The lowest BCUT2D eigenvalue weighted by Gasteiger charge is -2.23. The summed E-state index contributed by atoms with van der Waals surface area (Å²) >= 11 is 3.01. The van der Waals surface area contributed by atoms with Crippen LogP contribution in [0.2, 0.25) is 0 Å². The fourth-order valence-corrected chi connectivity index (χ4v) is 3.93. The fraction of sp³-hybridized carbons (Fsp3) is 0.500. The molecule has 0 spiro atoms. The second kappa shape index (κ2) is 5.85. The van der Waals surface area contributed by atoms with Gasteiger partial charge in [-0.15, -0.1) is 0 Å². The van der Waals surface area contributed by atoms with Crippen LogP contribution < -0.4 is 5.32 Å². The lowest BCUT2D eigenvalue weighted by Crippen LogP contribution is -2.37. The van der Waals surface area contributed by atoms with Crippen LogP contribution >= 0.6 is 15.9 Å². The van der Waals surface area contributed by atoms with Crippen molar-refractivity contribution >= 4 is 25.8 Å². The van der Waals surface area contributed by atoms with E-state index in [0.29, 0.717) is 12.8 Å². The third-order valence-electron chi connectivity index (χ3n) is 3.26. The van der Waals surface area contributed by atoms with Crippen molar-refractivity contribution in [3.8, 4) is 0 Å². The van der Waals surface area contributed by atoms with E-state index in [1.165, 1.54) is 12.1 Å². The number of hydrogen-bond donors (Lipinski definition) is 1. The molecule has 0 aliphatic carbocycles. The van der Waals surface area contributed by atoms with Crippen LogP contribution in [-0.4, -0.2) is 26.0 Å². The monoisotopic (exact) mass is 353 g/mol. The Morgan fingerprint density at radius 3 is 2.53 bits per heavy atom. The molecule has 1 saturated heterocycles. The van der Waals surface area contributed by atoms with Gasteiger partial charge in [0.25, 0.3) is 0 Å². The number of sulfone groups is 1. The first-order chi connectivity index (χ1) is 8.89. The molecule has 0 atom stereocenters. The van der Waals surface area contributed by atoms with Crippen LogP contribution in [0.15, 0.2) is 16.6 Å². The zero-order valence-corrected chi connectivity index (χ0v) is 12.5. The van der Waals surface area contributed by atoms with E-state index in [4.69, 9.17) is 0 Å². The summed E-state index contributed by atoms with van der Waals surface area (Å²) in [5, 5.41) is 3.02. The molecule has 0 aromatic heterocycles. The van der Waals surface area contributed by atoms with E-state index in [1.54, 1.807) is 0 Å². The van der Waals surface area contributed by atoms with E-state index in [2.05, 4.69) is 21.2 Å². The third-order valence-corrected chi connectivity index (χ3v) is 5.59. The van der Waals surface area contributed by atoms with E-state index >= 15 is 0 Å². The Morgan fingerprint density at radius 2 is 1.89 bits per heavy atom. The van der Waals surface area contributed by atoms with Crippen molar-refractivity contribution < 1.29 is 17.2 Å². The summed E-state index contributed by atoms with van der Waals surface area (Å²) < 4.78 is 50.0. The Morgan fingerprint density at radius 1 is 1.26 bits per heavy atom. The number of benzene rings is 1. The van der Waals surface area contributed by atoms with Gasteiger partial charge < -0.3 is 5.32 Å². The Labute approximate surface area is 119 Å². The number of hydrogen-bond acceptors (Lipinski definition) is 3. The van der Waals surface area contributed by atoms with Crippen LogP contribution in [0.1, 0.15) is 18.4 Å². The standard InChI is InChI=1S/C12H14BrF2NO2S/c13-10-1-2-11(14)9(12(10)15)7-16-8-3-5-19(17,18)6-4-8/h1-2,8,16H,3-7H2. The summed E-state index contributed by atoms with van der Waals surface area (Å²) in [7, 11) is -2.92. The van der Waals surface area contributed by atoms with Crippen LogP contribution in [-0.2, 0) is 16.4 Å². The van der Waals surface area contributed by atoms with Crippen molar-refractivity contribution in [2.45, 2.75) is 25.4 Å². The summed E-state index contributed by atoms with van der Waals surface area (Å²) in [4.78, 5) is 0. The van der Waals surface area contributed by atoms with Gasteiger partial charge in [0.05, 0.1) is 16.0 Å². The van der Waals surface area contributed by atoms with Crippen molar-refractivity contribution in [1.82, 2.24) is 5.32 Å². The minimum absolute atomic E-state index is 0.0127. The highest BCUT2D eigenvalue weighted by Crippen LogP contribution is 2.22. The molecule has 0 saturated carbocycles. The lowest BCUT2D eigenvalue weighted by atomic mass is 10.1. The highest BCUT2D eigenvalue weighted by Gasteiger charge is 2.23. The van der Waals surface area contributed by atoms with Crippen molar-refractivity contribution in [1.29, 1.82) is 0 Å². The molecule has 1 aromatic carbocycles. The Balaban J connectivity index is 1.99. The SMILES string of the molecule is O=S1(=O)CCC(NCc2c(F)ccc(Br)c2F)CC1. The van der Waals surface area contributed by atoms with Gasteiger partial charge in [0, 0.05) is 18.2 Å². The van der Waals surface area contributed by atoms with Crippen molar-refractivity contribution in [3.63, 3.8) is 0 Å². The average molecular weight is 354 g/mol. The first kappa shape index (κ1) is 14.9. The van der Waals surface area contributed by atoms with Gasteiger partial charge in [-0.25, -0.2) is 17.2 Å². The predicted octanol–water partition coefficient (Wildman–Crippen LogP) is 2.39. The van der Waals surface area contributed by atoms with E-state index in [-0.39, 0.29) is 34.1 Å². The van der Waals surface area contributed by atoms with E-state index < -0.39 is 21.5 Å². The van der Waals surface area contributed by atoms with Crippen molar-refractivity contribution in [2.24, 2.45) is 0 Å². The third kappa shape index (κ3) is 3.73. The number of halogens is 3. The molecule has 7 heteroatoms.